The van der Waals surface area contributed by atoms with E-state index in [1.54, 1.807) is 24.5 Å². The van der Waals surface area contributed by atoms with Crippen molar-refractivity contribution in [2.45, 2.75) is 25.2 Å². The monoisotopic (exact) mass is 517 g/mol. The molecule has 8 nitrogen and oxygen atoms in total. The maximum absolute atomic E-state index is 14.6. The molecular weight excluding hydrogens is 485 g/mol. The zero-order chi connectivity index (χ0) is 26.1. The van der Waals surface area contributed by atoms with Gasteiger partial charge in [-0.2, -0.15) is 0 Å². The van der Waals surface area contributed by atoms with E-state index in [0.29, 0.717) is 47.5 Å². The summed E-state index contributed by atoms with van der Waals surface area (Å²) >= 11 is 0. The highest BCUT2D eigenvalue weighted by atomic mass is 19.1. The van der Waals surface area contributed by atoms with Crippen LogP contribution in [0.2, 0.25) is 0 Å². The second kappa shape index (κ2) is 10.5. The van der Waals surface area contributed by atoms with Gasteiger partial charge < -0.3 is 25.1 Å². The second-order valence-corrected chi connectivity index (χ2v) is 10.2. The van der Waals surface area contributed by atoms with Gasteiger partial charge in [-0.25, -0.2) is 4.39 Å². The third-order valence-electron chi connectivity index (χ3n) is 7.69. The van der Waals surface area contributed by atoms with E-state index >= 15 is 0 Å². The van der Waals surface area contributed by atoms with Crippen LogP contribution in [0.25, 0.3) is 11.3 Å². The zero-order valence-corrected chi connectivity index (χ0v) is 21.4. The number of fused-ring (bicyclic) bond motifs is 5. The molecule has 5 heterocycles. The normalized spacial score (nSPS) is 23.6. The molecule has 1 fully saturated rings. The van der Waals surface area contributed by atoms with Crippen molar-refractivity contribution < 1.29 is 18.7 Å². The molecule has 0 radical (unpaired) electrons. The van der Waals surface area contributed by atoms with Gasteiger partial charge in [-0.1, -0.05) is 18.2 Å². The lowest BCUT2D eigenvalue weighted by Crippen LogP contribution is -2.37. The first-order chi connectivity index (χ1) is 18.6. The van der Waals surface area contributed by atoms with E-state index in [0.717, 1.165) is 50.2 Å². The number of para-hydroxylation sites is 1. The Balaban J connectivity index is 1.50. The van der Waals surface area contributed by atoms with E-state index in [-0.39, 0.29) is 17.6 Å². The lowest BCUT2D eigenvalue weighted by molar-refractivity contribution is 0.0941. The number of piperidine rings is 1. The molecule has 3 atom stereocenters. The Bertz CT molecular complexity index is 1370. The number of hydrogen-bond acceptors (Lipinski definition) is 6. The number of halogens is 1. The van der Waals surface area contributed by atoms with Crippen LogP contribution in [0, 0.1) is 11.7 Å². The average Bonchev–Trinajstić information content (AvgIpc) is 3.31. The third kappa shape index (κ3) is 4.62. The number of carbonyl (C=O) groups is 1. The van der Waals surface area contributed by atoms with Crippen LogP contribution in [0.15, 0.2) is 48.8 Å². The van der Waals surface area contributed by atoms with E-state index in [1.165, 1.54) is 13.2 Å². The first kappa shape index (κ1) is 24.5. The van der Waals surface area contributed by atoms with Crippen molar-refractivity contribution in [1.29, 1.82) is 0 Å². The summed E-state index contributed by atoms with van der Waals surface area (Å²) in [6.45, 7) is 4.12. The largest absolute Gasteiger partial charge is 0.492 e. The molecule has 0 aliphatic carbocycles. The molecular formula is C29H32FN5O3. The molecule has 4 bridgehead atoms. The van der Waals surface area contributed by atoms with Gasteiger partial charge in [0.25, 0.3) is 5.91 Å². The Hall–Kier alpha value is -3.85. The first-order valence-electron chi connectivity index (χ1n) is 13.2. The number of ether oxygens (including phenoxy) is 2. The number of allylic oxidation sites excluding steroid dienone is 1. The molecule has 6 rings (SSSR count). The van der Waals surface area contributed by atoms with Gasteiger partial charge in [-0.3, -0.25) is 14.7 Å². The first-order valence-corrected chi connectivity index (χ1v) is 13.2. The second-order valence-electron chi connectivity index (χ2n) is 10.2. The predicted molar refractivity (Wildman–Crippen MR) is 144 cm³/mol. The Kier molecular flexibility index (Phi) is 6.76. The van der Waals surface area contributed by atoms with Crippen LogP contribution in [-0.2, 0) is 0 Å². The van der Waals surface area contributed by atoms with Crippen LogP contribution in [-0.4, -0.2) is 60.7 Å². The minimum atomic E-state index is -0.486. The Morgan fingerprint density at radius 3 is 3.08 bits per heavy atom. The van der Waals surface area contributed by atoms with Crippen molar-refractivity contribution in [2.75, 3.05) is 45.2 Å². The number of aromatic nitrogens is 2. The molecule has 1 amide bonds. The van der Waals surface area contributed by atoms with Gasteiger partial charge >= 0.3 is 0 Å². The molecule has 3 N–H and O–H groups in total. The Morgan fingerprint density at radius 1 is 1.26 bits per heavy atom. The topological polar surface area (TPSA) is 91.5 Å². The lowest BCUT2D eigenvalue weighted by atomic mass is 9.93. The van der Waals surface area contributed by atoms with Crippen molar-refractivity contribution in [3.05, 3.63) is 65.9 Å². The number of nitrogens with one attached hydrogen (secondary N) is 3. The fraction of sp³-hybridized carbons (Fsp3) is 0.379. The average molecular weight is 518 g/mol. The van der Waals surface area contributed by atoms with Crippen LogP contribution >= 0.6 is 0 Å². The summed E-state index contributed by atoms with van der Waals surface area (Å²) in [6, 6.07) is 6.58. The number of aromatic amines is 1. The number of H-pyrrole nitrogens is 1. The molecule has 3 unspecified atom stereocenters. The van der Waals surface area contributed by atoms with Crippen LogP contribution in [0.3, 0.4) is 0 Å². The van der Waals surface area contributed by atoms with Crippen molar-refractivity contribution in [3.8, 4) is 22.8 Å². The van der Waals surface area contributed by atoms with E-state index in [1.807, 2.05) is 6.07 Å². The van der Waals surface area contributed by atoms with Gasteiger partial charge in [0, 0.05) is 48.9 Å². The van der Waals surface area contributed by atoms with Crippen molar-refractivity contribution in [3.63, 3.8) is 0 Å². The fourth-order valence-electron chi connectivity index (χ4n) is 5.79. The molecule has 3 aliphatic rings. The lowest BCUT2D eigenvalue weighted by Gasteiger charge is -2.32. The van der Waals surface area contributed by atoms with Crippen LogP contribution in [0.1, 0.15) is 41.2 Å². The smallest absolute Gasteiger partial charge is 0.255 e. The van der Waals surface area contributed by atoms with E-state index in [4.69, 9.17) is 9.47 Å². The summed E-state index contributed by atoms with van der Waals surface area (Å²) in [7, 11) is 1.43. The SMILES string of the molecule is COc1c(F)cccc1Nc1c2[nH]c3c1C(=O)NCC3C/C=C/CN1CCCC(COc3cnccc3-2)C1. The predicted octanol–water partition coefficient (Wildman–Crippen LogP) is 4.85. The maximum Gasteiger partial charge on any atom is 0.255 e. The summed E-state index contributed by atoms with van der Waals surface area (Å²) in [5.74, 6) is 0.546. The van der Waals surface area contributed by atoms with Gasteiger partial charge in [0.1, 0.15) is 5.75 Å². The highest BCUT2D eigenvalue weighted by Gasteiger charge is 2.33. The Morgan fingerprint density at radius 2 is 2.18 bits per heavy atom. The molecule has 38 heavy (non-hydrogen) atoms. The number of rotatable bonds is 3. The molecule has 1 saturated heterocycles. The van der Waals surface area contributed by atoms with Gasteiger partial charge in [0.2, 0.25) is 0 Å². The molecule has 3 aliphatic heterocycles. The molecule has 198 valence electrons. The molecule has 0 spiro atoms. The highest BCUT2D eigenvalue weighted by Crippen LogP contribution is 2.44. The van der Waals surface area contributed by atoms with E-state index in [9.17, 15) is 9.18 Å². The van der Waals surface area contributed by atoms with Gasteiger partial charge in [0.15, 0.2) is 11.6 Å². The van der Waals surface area contributed by atoms with Crippen molar-refractivity contribution in [1.82, 2.24) is 20.2 Å². The minimum absolute atomic E-state index is 0.0630. The number of methoxy groups -OCH3 is 1. The number of hydrogen-bond donors (Lipinski definition) is 3. The van der Waals surface area contributed by atoms with Crippen LogP contribution in [0.4, 0.5) is 15.8 Å². The Labute approximate surface area is 221 Å². The number of benzene rings is 1. The number of nitrogens with zero attached hydrogens (tertiary/aromatic N) is 2. The van der Waals surface area contributed by atoms with Crippen molar-refractivity contribution in [2.24, 2.45) is 5.92 Å². The van der Waals surface area contributed by atoms with E-state index < -0.39 is 5.82 Å². The number of pyridine rings is 1. The third-order valence-corrected chi connectivity index (χ3v) is 7.69. The quantitative estimate of drug-likeness (QED) is 0.431. The summed E-state index contributed by atoms with van der Waals surface area (Å²) in [6.07, 6.45) is 11.0. The summed E-state index contributed by atoms with van der Waals surface area (Å²) in [4.78, 5) is 23.7. The molecule has 2 aromatic heterocycles. The number of anilines is 2. The minimum Gasteiger partial charge on any atom is -0.492 e. The highest BCUT2D eigenvalue weighted by molar-refractivity contribution is 6.07. The van der Waals surface area contributed by atoms with Crippen molar-refractivity contribution >= 4 is 17.3 Å². The van der Waals surface area contributed by atoms with E-state index in [2.05, 4.69) is 37.7 Å². The molecule has 9 heteroatoms. The molecule has 1 aromatic carbocycles. The maximum atomic E-state index is 14.6. The summed E-state index contributed by atoms with van der Waals surface area (Å²) in [5, 5.41) is 6.38. The van der Waals surface area contributed by atoms with Crippen LogP contribution in [0.5, 0.6) is 11.5 Å². The summed E-state index contributed by atoms with van der Waals surface area (Å²) in [5.41, 5.74) is 3.84. The van der Waals surface area contributed by atoms with Gasteiger partial charge in [-0.15, -0.1) is 0 Å². The number of amides is 1. The molecule has 0 saturated carbocycles. The zero-order valence-electron chi connectivity index (χ0n) is 21.4. The molecule has 3 aromatic rings. The van der Waals surface area contributed by atoms with Gasteiger partial charge in [0.05, 0.1) is 42.5 Å². The number of carbonyl (C=O) groups excluding carboxylic acids is 1. The van der Waals surface area contributed by atoms with Gasteiger partial charge in [-0.05, 0) is 44.0 Å². The summed E-state index contributed by atoms with van der Waals surface area (Å²) < 4.78 is 26.3. The van der Waals surface area contributed by atoms with Crippen LogP contribution < -0.4 is 20.1 Å². The fourth-order valence-corrected chi connectivity index (χ4v) is 5.79. The standard InChI is InChI=1S/C29H32FN5O3/c1-37-28-21(30)8-4-9-22(28)33-27-24-25-19(14-32-29(24)36)7-2-3-12-35-13-5-6-18(16-35)17-38-23-15-31-11-10-20(23)26(27)34-25/h2-4,8-11,15,18-19,33-34H,5-7,12-14,16-17H2,1H3,(H,32,36)/b3-2+.